The fraction of sp³-hybridized carbons (Fsp3) is 0.286. The zero-order valence-electron chi connectivity index (χ0n) is 10.6. The van der Waals surface area contributed by atoms with Crippen LogP contribution in [0.4, 0.5) is 15.8 Å². The predicted molar refractivity (Wildman–Crippen MR) is 78.6 cm³/mol. The number of nitrogens with one attached hydrogen (secondary N) is 1. The molecule has 0 saturated carbocycles. The molecule has 2 rings (SSSR count). The van der Waals surface area contributed by atoms with Crippen molar-refractivity contribution in [2.45, 2.75) is 25.8 Å². The first kappa shape index (κ1) is 13.9. The molecule has 0 bridgehead atoms. The fourth-order valence-corrected chi connectivity index (χ4v) is 2.18. The molecule has 19 heavy (non-hydrogen) atoms. The van der Waals surface area contributed by atoms with E-state index in [9.17, 15) is 4.39 Å². The first-order valence-corrected chi connectivity index (χ1v) is 6.89. The van der Waals surface area contributed by atoms with E-state index in [1.54, 1.807) is 12.3 Å². The second-order valence-electron chi connectivity index (χ2n) is 4.52. The Morgan fingerprint density at radius 1 is 1.47 bits per heavy atom. The van der Waals surface area contributed by atoms with Crippen LogP contribution in [0.25, 0.3) is 0 Å². The SMILES string of the molecule is CC(CCc1ccco1)Nc1cc(Br)c(F)cc1N. The summed E-state index contributed by atoms with van der Waals surface area (Å²) in [5.74, 6) is 0.605. The van der Waals surface area contributed by atoms with Gasteiger partial charge in [-0.15, -0.1) is 0 Å². The topological polar surface area (TPSA) is 51.2 Å². The molecule has 1 aromatic heterocycles. The summed E-state index contributed by atoms with van der Waals surface area (Å²) >= 11 is 3.16. The molecule has 0 aliphatic carbocycles. The van der Waals surface area contributed by atoms with Gasteiger partial charge in [0, 0.05) is 18.5 Å². The standard InChI is InChI=1S/C14H16BrFN2O/c1-9(4-5-10-3-2-6-19-10)18-14-7-11(15)12(16)8-13(14)17/h2-3,6-9,18H,4-5,17H2,1H3. The number of nitrogens with two attached hydrogens (primary N) is 1. The number of hydrogen-bond acceptors (Lipinski definition) is 3. The Hall–Kier alpha value is -1.49. The Kier molecular flexibility index (Phi) is 4.47. The lowest BCUT2D eigenvalue weighted by Crippen LogP contribution is -2.17. The van der Waals surface area contributed by atoms with Gasteiger partial charge in [0.1, 0.15) is 11.6 Å². The maximum Gasteiger partial charge on any atom is 0.139 e. The number of benzene rings is 1. The largest absolute Gasteiger partial charge is 0.469 e. The summed E-state index contributed by atoms with van der Waals surface area (Å²) in [6.07, 6.45) is 3.42. The Labute approximate surface area is 120 Å². The van der Waals surface area contributed by atoms with E-state index >= 15 is 0 Å². The van der Waals surface area contributed by atoms with Crippen molar-refractivity contribution >= 4 is 27.3 Å². The quantitative estimate of drug-likeness (QED) is 0.810. The van der Waals surface area contributed by atoms with Crippen LogP contribution >= 0.6 is 15.9 Å². The molecule has 0 fully saturated rings. The molecular formula is C14H16BrFN2O. The van der Waals surface area contributed by atoms with Gasteiger partial charge in [0.15, 0.2) is 0 Å². The Balaban J connectivity index is 1.95. The second-order valence-corrected chi connectivity index (χ2v) is 5.37. The van der Waals surface area contributed by atoms with E-state index < -0.39 is 0 Å². The Bertz CT molecular complexity index is 543. The normalized spacial score (nSPS) is 12.4. The van der Waals surface area contributed by atoms with E-state index in [-0.39, 0.29) is 11.9 Å². The lowest BCUT2D eigenvalue weighted by molar-refractivity contribution is 0.495. The first-order valence-electron chi connectivity index (χ1n) is 6.09. The third-order valence-corrected chi connectivity index (χ3v) is 3.51. The highest BCUT2D eigenvalue weighted by atomic mass is 79.9. The Morgan fingerprint density at radius 3 is 2.95 bits per heavy atom. The van der Waals surface area contributed by atoms with Crippen LogP contribution in [-0.2, 0) is 6.42 Å². The fourth-order valence-electron chi connectivity index (χ4n) is 1.84. The molecule has 2 aromatic rings. The molecule has 1 atom stereocenters. The van der Waals surface area contributed by atoms with Crippen molar-refractivity contribution in [3.8, 4) is 0 Å². The summed E-state index contributed by atoms with van der Waals surface area (Å²) in [7, 11) is 0. The van der Waals surface area contributed by atoms with Crippen LogP contribution in [0.5, 0.6) is 0 Å². The molecule has 5 heteroatoms. The summed E-state index contributed by atoms with van der Waals surface area (Å²) < 4.78 is 19.0. The lowest BCUT2D eigenvalue weighted by atomic mass is 10.1. The number of anilines is 2. The summed E-state index contributed by atoms with van der Waals surface area (Å²) in [5, 5.41) is 3.28. The van der Waals surface area contributed by atoms with E-state index in [0.29, 0.717) is 10.2 Å². The van der Waals surface area contributed by atoms with Crippen LogP contribution in [-0.4, -0.2) is 6.04 Å². The van der Waals surface area contributed by atoms with Crippen LogP contribution in [0.15, 0.2) is 39.4 Å². The molecule has 0 aliphatic rings. The second kappa shape index (κ2) is 6.10. The molecular weight excluding hydrogens is 311 g/mol. The van der Waals surface area contributed by atoms with Gasteiger partial charge in [-0.3, -0.25) is 0 Å². The molecule has 0 spiro atoms. The molecule has 1 unspecified atom stereocenters. The smallest absolute Gasteiger partial charge is 0.139 e. The monoisotopic (exact) mass is 326 g/mol. The molecule has 3 N–H and O–H groups in total. The van der Waals surface area contributed by atoms with Gasteiger partial charge in [0.05, 0.1) is 22.1 Å². The predicted octanol–water partition coefficient (Wildman–Crippen LogP) is 4.20. The molecule has 0 saturated heterocycles. The first-order chi connectivity index (χ1) is 9.06. The number of rotatable bonds is 5. The van der Waals surface area contributed by atoms with E-state index in [1.165, 1.54) is 6.07 Å². The minimum atomic E-state index is -0.355. The minimum Gasteiger partial charge on any atom is -0.469 e. The highest BCUT2D eigenvalue weighted by Crippen LogP contribution is 2.27. The van der Waals surface area contributed by atoms with Crippen molar-refractivity contribution in [1.82, 2.24) is 0 Å². The number of hydrogen-bond donors (Lipinski definition) is 2. The molecule has 0 aliphatic heterocycles. The summed E-state index contributed by atoms with van der Waals surface area (Å²) in [4.78, 5) is 0. The highest BCUT2D eigenvalue weighted by Gasteiger charge is 2.09. The van der Waals surface area contributed by atoms with E-state index in [2.05, 4.69) is 28.2 Å². The van der Waals surface area contributed by atoms with E-state index in [1.807, 2.05) is 12.1 Å². The van der Waals surface area contributed by atoms with Gasteiger partial charge in [0.25, 0.3) is 0 Å². The van der Waals surface area contributed by atoms with Crippen LogP contribution in [0.2, 0.25) is 0 Å². The van der Waals surface area contributed by atoms with Crippen molar-refractivity contribution < 1.29 is 8.81 Å². The van der Waals surface area contributed by atoms with Crippen LogP contribution in [0, 0.1) is 5.82 Å². The van der Waals surface area contributed by atoms with Crippen LogP contribution in [0.3, 0.4) is 0 Å². The van der Waals surface area contributed by atoms with Crippen LogP contribution in [0.1, 0.15) is 19.1 Å². The summed E-state index contributed by atoms with van der Waals surface area (Å²) in [6, 6.07) is 7.02. The third-order valence-electron chi connectivity index (χ3n) is 2.90. The maximum absolute atomic E-state index is 13.3. The highest BCUT2D eigenvalue weighted by molar-refractivity contribution is 9.10. The number of halogens is 2. The Morgan fingerprint density at radius 2 is 2.26 bits per heavy atom. The van der Waals surface area contributed by atoms with E-state index in [4.69, 9.17) is 10.2 Å². The zero-order chi connectivity index (χ0) is 13.8. The van der Waals surface area contributed by atoms with Gasteiger partial charge in [-0.1, -0.05) is 0 Å². The lowest BCUT2D eigenvalue weighted by Gasteiger charge is -2.16. The van der Waals surface area contributed by atoms with Crippen molar-refractivity contribution in [2.75, 3.05) is 11.1 Å². The van der Waals surface area contributed by atoms with Gasteiger partial charge in [-0.2, -0.15) is 0 Å². The van der Waals surface area contributed by atoms with Gasteiger partial charge in [-0.25, -0.2) is 4.39 Å². The average Bonchev–Trinajstić information content (AvgIpc) is 2.86. The zero-order valence-corrected chi connectivity index (χ0v) is 12.2. The van der Waals surface area contributed by atoms with Crippen molar-refractivity contribution in [2.24, 2.45) is 0 Å². The minimum absolute atomic E-state index is 0.213. The molecule has 3 nitrogen and oxygen atoms in total. The number of aryl methyl sites for hydroxylation is 1. The van der Waals surface area contributed by atoms with Gasteiger partial charge >= 0.3 is 0 Å². The molecule has 1 aromatic carbocycles. The molecule has 0 amide bonds. The number of nitrogen functional groups attached to an aromatic ring is 1. The van der Waals surface area contributed by atoms with Crippen LogP contribution < -0.4 is 11.1 Å². The van der Waals surface area contributed by atoms with Gasteiger partial charge < -0.3 is 15.5 Å². The maximum atomic E-state index is 13.3. The summed E-state index contributed by atoms with van der Waals surface area (Å²) in [6.45, 7) is 2.06. The number of furan rings is 1. The van der Waals surface area contributed by atoms with Gasteiger partial charge in [-0.05, 0) is 47.5 Å². The van der Waals surface area contributed by atoms with E-state index in [0.717, 1.165) is 24.3 Å². The average molecular weight is 327 g/mol. The summed E-state index contributed by atoms with van der Waals surface area (Å²) in [5.41, 5.74) is 6.93. The molecule has 0 radical (unpaired) electrons. The van der Waals surface area contributed by atoms with Crippen molar-refractivity contribution in [1.29, 1.82) is 0 Å². The molecule has 102 valence electrons. The van der Waals surface area contributed by atoms with Crippen molar-refractivity contribution in [3.63, 3.8) is 0 Å². The molecule has 1 heterocycles. The van der Waals surface area contributed by atoms with Gasteiger partial charge in [0.2, 0.25) is 0 Å². The third kappa shape index (κ3) is 3.73. The van der Waals surface area contributed by atoms with Crippen molar-refractivity contribution in [3.05, 3.63) is 46.6 Å².